The molecule has 1 saturated heterocycles. The highest BCUT2D eigenvalue weighted by molar-refractivity contribution is 7.22. The summed E-state index contributed by atoms with van der Waals surface area (Å²) in [4.78, 5) is 7.10. The van der Waals surface area contributed by atoms with Crippen LogP contribution in [0.1, 0.15) is 19.3 Å². The van der Waals surface area contributed by atoms with Crippen LogP contribution < -0.4 is 4.90 Å². The zero-order valence-electron chi connectivity index (χ0n) is 10.4. The van der Waals surface area contributed by atoms with Gasteiger partial charge in [0.15, 0.2) is 5.13 Å². The van der Waals surface area contributed by atoms with Crippen molar-refractivity contribution < 1.29 is 5.11 Å². The topological polar surface area (TPSA) is 36.4 Å². The number of fused-ring (bicyclic) bond motifs is 1. The van der Waals surface area contributed by atoms with E-state index in [1.54, 1.807) is 11.3 Å². The Kier molecular flexibility index (Phi) is 3.48. The Balaban J connectivity index is 1.80. The number of aromatic nitrogens is 1. The van der Waals surface area contributed by atoms with Crippen LogP contribution in [0.15, 0.2) is 24.3 Å². The summed E-state index contributed by atoms with van der Waals surface area (Å²) in [6.07, 6.45) is 3.37. The molecule has 1 N–H and O–H groups in total. The molecule has 4 heteroatoms. The molecular formula is C14H18N2OS. The van der Waals surface area contributed by atoms with Crippen LogP contribution in [0.25, 0.3) is 10.2 Å². The molecule has 0 bridgehead atoms. The van der Waals surface area contributed by atoms with E-state index < -0.39 is 0 Å². The summed E-state index contributed by atoms with van der Waals surface area (Å²) in [7, 11) is 0. The minimum absolute atomic E-state index is 0.304. The maximum atomic E-state index is 9.06. The van der Waals surface area contributed by atoms with Crippen molar-refractivity contribution in [2.24, 2.45) is 5.92 Å². The van der Waals surface area contributed by atoms with Gasteiger partial charge in [0.2, 0.25) is 0 Å². The van der Waals surface area contributed by atoms with Crippen molar-refractivity contribution in [3.8, 4) is 0 Å². The van der Waals surface area contributed by atoms with Gasteiger partial charge in [-0.1, -0.05) is 23.5 Å². The number of rotatable bonds is 3. The molecule has 1 aromatic heterocycles. The molecule has 1 aromatic carbocycles. The predicted molar refractivity (Wildman–Crippen MR) is 76.3 cm³/mol. The first-order valence-electron chi connectivity index (χ1n) is 6.58. The van der Waals surface area contributed by atoms with Gasteiger partial charge in [-0.3, -0.25) is 0 Å². The zero-order chi connectivity index (χ0) is 12.4. The van der Waals surface area contributed by atoms with Crippen molar-refractivity contribution >= 4 is 26.7 Å². The van der Waals surface area contributed by atoms with Crippen LogP contribution in [0.5, 0.6) is 0 Å². The molecule has 1 fully saturated rings. The fraction of sp³-hybridized carbons (Fsp3) is 0.500. The van der Waals surface area contributed by atoms with Gasteiger partial charge in [0.05, 0.1) is 10.2 Å². The summed E-state index contributed by atoms with van der Waals surface area (Å²) in [5, 5.41) is 10.2. The van der Waals surface area contributed by atoms with E-state index in [2.05, 4.69) is 23.1 Å². The molecule has 0 spiro atoms. The smallest absolute Gasteiger partial charge is 0.186 e. The molecule has 0 saturated carbocycles. The summed E-state index contributed by atoms with van der Waals surface area (Å²) < 4.78 is 1.26. The van der Waals surface area contributed by atoms with E-state index in [4.69, 9.17) is 10.1 Å². The lowest BCUT2D eigenvalue weighted by Crippen LogP contribution is -2.35. The van der Waals surface area contributed by atoms with Crippen LogP contribution in [0.3, 0.4) is 0 Å². The van der Waals surface area contributed by atoms with E-state index in [1.165, 1.54) is 17.5 Å². The van der Waals surface area contributed by atoms with Crippen LogP contribution in [0.4, 0.5) is 5.13 Å². The molecule has 0 amide bonds. The van der Waals surface area contributed by atoms with Gasteiger partial charge in [-0.2, -0.15) is 0 Å². The van der Waals surface area contributed by atoms with E-state index in [0.717, 1.165) is 30.2 Å². The second-order valence-corrected chi connectivity index (χ2v) is 5.94. The summed E-state index contributed by atoms with van der Waals surface area (Å²) in [5.41, 5.74) is 1.10. The highest BCUT2D eigenvalue weighted by Crippen LogP contribution is 2.31. The molecular weight excluding hydrogens is 244 g/mol. The second kappa shape index (κ2) is 5.24. The maximum absolute atomic E-state index is 9.06. The molecule has 3 nitrogen and oxygen atoms in total. The third-order valence-electron chi connectivity index (χ3n) is 3.61. The SMILES string of the molecule is OCCC1CCCN(c2nc3ccccc3s2)C1. The number of para-hydroxylation sites is 1. The van der Waals surface area contributed by atoms with Crippen molar-refractivity contribution in [1.29, 1.82) is 0 Å². The number of aliphatic hydroxyl groups is 1. The highest BCUT2D eigenvalue weighted by atomic mass is 32.1. The Labute approximate surface area is 111 Å². The minimum Gasteiger partial charge on any atom is -0.396 e. The summed E-state index contributed by atoms with van der Waals surface area (Å²) >= 11 is 1.78. The lowest BCUT2D eigenvalue weighted by atomic mass is 9.95. The molecule has 3 rings (SSSR count). The fourth-order valence-electron chi connectivity index (χ4n) is 2.65. The van der Waals surface area contributed by atoms with E-state index in [9.17, 15) is 0 Å². The average molecular weight is 262 g/mol. The molecule has 1 aliphatic heterocycles. The molecule has 18 heavy (non-hydrogen) atoms. The molecule has 1 aliphatic rings. The molecule has 0 aliphatic carbocycles. The molecule has 96 valence electrons. The van der Waals surface area contributed by atoms with Gasteiger partial charge in [0.25, 0.3) is 0 Å². The first-order valence-corrected chi connectivity index (χ1v) is 7.40. The largest absolute Gasteiger partial charge is 0.396 e. The number of hydrogen-bond donors (Lipinski definition) is 1. The number of aliphatic hydroxyl groups excluding tert-OH is 1. The van der Waals surface area contributed by atoms with E-state index in [1.807, 2.05) is 6.07 Å². The van der Waals surface area contributed by atoms with Crippen LogP contribution in [-0.2, 0) is 0 Å². The van der Waals surface area contributed by atoms with Crippen molar-refractivity contribution in [2.45, 2.75) is 19.3 Å². The minimum atomic E-state index is 0.304. The monoisotopic (exact) mass is 262 g/mol. The van der Waals surface area contributed by atoms with Crippen LogP contribution in [0.2, 0.25) is 0 Å². The Hall–Kier alpha value is -1.13. The van der Waals surface area contributed by atoms with Crippen LogP contribution in [-0.4, -0.2) is 29.8 Å². The standard InChI is InChI=1S/C14H18N2OS/c17-9-7-11-4-3-8-16(10-11)14-15-12-5-1-2-6-13(12)18-14/h1-2,5-6,11,17H,3-4,7-10H2. The maximum Gasteiger partial charge on any atom is 0.186 e. The van der Waals surface area contributed by atoms with E-state index in [-0.39, 0.29) is 0 Å². The lowest BCUT2D eigenvalue weighted by molar-refractivity contribution is 0.244. The Morgan fingerprint density at radius 2 is 2.28 bits per heavy atom. The number of hydrogen-bond acceptors (Lipinski definition) is 4. The van der Waals surface area contributed by atoms with Gasteiger partial charge < -0.3 is 10.0 Å². The van der Waals surface area contributed by atoms with E-state index in [0.29, 0.717) is 12.5 Å². The summed E-state index contributed by atoms with van der Waals surface area (Å²) in [6, 6.07) is 8.31. The van der Waals surface area contributed by atoms with Gasteiger partial charge in [-0.15, -0.1) is 0 Å². The molecule has 1 atom stereocenters. The number of benzene rings is 1. The van der Waals surface area contributed by atoms with Crippen molar-refractivity contribution in [2.75, 3.05) is 24.6 Å². The highest BCUT2D eigenvalue weighted by Gasteiger charge is 2.21. The zero-order valence-corrected chi connectivity index (χ0v) is 11.2. The quantitative estimate of drug-likeness (QED) is 0.924. The molecule has 2 aromatic rings. The number of anilines is 1. The number of nitrogens with zero attached hydrogens (tertiary/aromatic N) is 2. The van der Waals surface area contributed by atoms with Crippen LogP contribution >= 0.6 is 11.3 Å². The second-order valence-electron chi connectivity index (χ2n) is 4.93. The summed E-state index contributed by atoms with van der Waals surface area (Å²) in [5.74, 6) is 0.621. The van der Waals surface area contributed by atoms with Crippen molar-refractivity contribution in [3.63, 3.8) is 0 Å². The van der Waals surface area contributed by atoms with Gasteiger partial charge >= 0.3 is 0 Å². The molecule has 0 radical (unpaired) electrons. The Bertz CT molecular complexity index is 490. The Morgan fingerprint density at radius 3 is 3.11 bits per heavy atom. The third kappa shape index (κ3) is 2.35. The van der Waals surface area contributed by atoms with Gasteiger partial charge in [-0.25, -0.2) is 4.98 Å². The van der Waals surface area contributed by atoms with Crippen molar-refractivity contribution in [1.82, 2.24) is 4.98 Å². The number of piperidine rings is 1. The predicted octanol–water partition coefficient (Wildman–Crippen LogP) is 2.90. The molecule has 1 unspecified atom stereocenters. The number of thiazole rings is 1. The van der Waals surface area contributed by atoms with Crippen LogP contribution in [0, 0.1) is 5.92 Å². The fourth-order valence-corrected chi connectivity index (χ4v) is 3.65. The first-order chi connectivity index (χ1) is 8.86. The third-order valence-corrected chi connectivity index (χ3v) is 4.71. The summed E-state index contributed by atoms with van der Waals surface area (Å²) in [6.45, 7) is 2.44. The molecule has 2 heterocycles. The average Bonchev–Trinajstić information content (AvgIpc) is 2.83. The Morgan fingerprint density at radius 1 is 1.39 bits per heavy atom. The first kappa shape index (κ1) is 11.9. The van der Waals surface area contributed by atoms with Gasteiger partial charge in [0, 0.05) is 19.7 Å². The van der Waals surface area contributed by atoms with Gasteiger partial charge in [0.1, 0.15) is 0 Å². The normalized spacial score (nSPS) is 20.5. The lowest BCUT2D eigenvalue weighted by Gasteiger charge is -2.32. The van der Waals surface area contributed by atoms with E-state index >= 15 is 0 Å². The van der Waals surface area contributed by atoms with Gasteiger partial charge in [-0.05, 0) is 37.3 Å². The van der Waals surface area contributed by atoms with Crippen molar-refractivity contribution in [3.05, 3.63) is 24.3 Å².